The van der Waals surface area contributed by atoms with Crippen LogP contribution in [0.1, 0.15) is 17.3 Å². The predicted molar refractivity (Wildman–Crippen MR) is 71.0 cm³/mol. The number of hydrogen-bond acceptors (Lipinski definition) is 3. The van der Waals surface area contributed by atoms with E-state index in [4.69, 9.17) is 4.74 Å². The molecule has 1 aliphatic heterocycles. The summed E-state index contributed by atoms with van der Waals surface area (Å²) in [5, 5.41) is 0. The minimum absolute atomic E-state index is 0.0915. The maximum absolute atomic E-state index is 12.4. The van der Waals surface area contributed by atoms with E-state index in [-0.39, 0.29) is 5.91 Å². The molecule has 1 aliphatic rings. The van der Waals surface area contributed by atoms with Crippen LogP contribution >= 0.6 is 0 Å². The molecule has 0 aromatic heterocycles. The molecule has 1 saturated heterocycles. The van der Waals surface area contributed by atoms with Crippen LogP contribution in [0.3, 0.4) is 0 Å². The van der Waals surface area contributed by atoms with Crippen LogP contribution in [0.5, 0.6) is 5.75 Å². The van der Waals surface area contributed by atoms with Crippen LogP contribution in [0.2, 0.25) is 0 Å². The van der Waals surface area contributed by atoms with Gasteiger partial charge in [0.1, 0.15) is 5.75 Å². The number of hydrogen-bond donors (Lipinski definition) is 0. The molecule has 1 unspecified atom stereocenters. The minimum atomic E-state index is 0.0915. The largest absolute Gasteiger partial charge is 0.497 e. The quantitative estimate of drug-likeness (QED) is 0.794. The predicted octanol–water partition coefficient (Wildman–Crippen LogP) is 1.47. The highest BCUT2D eigenvalue weighted by Crippen LogP contribution is 2.16. The van der Waals surface area contributed by atoms with E-state index in [1.165, 1.54) is 0 Å². The SMILES string of the molecule is COc1cccc(C(=O)N2CCN(C)C(C)C2)c1. The Labute approximate surface area is 108 Å². The van der Waals surface area contributed by atoms with E-state index in [0.717, 1.165) is 25.4 Å². The van der Waals surface area contributed by atoms with Gasteiger partial charge in [0.25, 0.3) is 5.91 Å². The van der Waals surface area contributed by atoms with Gasteiger partial charge in [0, 0.05) is 31.2 Å². The second-order valence-corrected chi connectivity index (χ2v) is 4.81. The van der Waals surface area contributed by atoms with Crippen LogP contribution in [0.4, 0.5) is 0 Å². The summed E-state index contributed by atoms with van der Waals surface area (Å²) in [6.07, 6.45) is 0. The smallest absolute Gasteiger partial charge is 0.254 e. The Bertz CT molecular complexity index is 434. The lowest BCUT2D eigenvalue weighted by Crippen LogP contribution is -2.52. The minimum Gasteiger partial charge on any atom is -0.497 e. The molecule has 1 aromatic carbocycles. The van der Waals surface area contributed by atoms with Crippen molar-refractivity contribution in [3.63, 3.8) is 0 Å². The average molecular weight is 248 g/mol. The summed E-state index contributed by atoms with van der Waals surface area (Å²) < 4.78 is 5.15. The Hall–Kier alpha value is -1.55. The van der Waals surface area contributed by atoms with Gasteiger partial charge in [0.2, 0.25) is 0 Å². The number of amides is 1. The van der Waals surface area contributed by atoms with Crippen LogP contribution in [0, 0.1) is 0 Å². The van der Waals surface area contributed by atoms with Crippen molar-refractivity contribution in [2.45, 2.75) is 13.0 Å². The summed E-state index contributed by atoms with van der Waals surface area (Å²) >= 11 is 0. The van der Waals surface area contributed by atoms with Crippen LogP contribution in [0.25, 0.3) is 0 Å². The van der Waals surface area contributed by atoms with Gasteiger partial charge in [-0.3, -0.25) is 4.79 Å². The van der Waals surface area contributed by atoms with Crippen molar-refractivity contribution in [3.8, 4) is 5.75 Å². The van der Waals surface area contributed by atoms with E-state index in [9.17, 15) is 4.79 Å². The molecule has 1 heterocycles. The van der Waals surface area contributed by atoms with Crippen LogP contribution in [-0.2, 0) is 0 Å². The number of rotatable bonds is 2. The van der Waals surface area contributed by atoms with Gasteiger partial charge < -0.3 is 14.5 Å². The molecule has 0 spiro atoms. The zero-order valence-corrected chi connectivity index (χ0v) is 11.2. The molecule has 1 aromatic rings. The molecule has 1 amide bonds. The molecule has 4 heteroatoms. The van der Waals surface area contributed by atoms with Crippen molar-refractivity contribution in [3.05, 3.63) is 29.8 Å². The van der Waals surface area contributed by atoms with Gasteiger partial charge in [-0.25, -0.2) is 0 Å². The number of benzene rings is 1. The lowest BCUT2D eigenvalue weighted by molar-refractivity contribution is 0.0572. The molecular formula is C14H20N2O2. The number of carbonyl (C=O) groups excluding carboxylic acids is 1. The standard InChI is InChI=1S/C14H20N2O2/c1-11-10-16(8-7-15(11)2)14(17)12-5-4-6-13(9-12)18-3/h4-6,9,11H,7-8,10H2,1-3H3. The Morgan fingerprint density at radius 1 is 1.39 bits per heavy atom. The second-order valence-electron chi connectivity index (χ2n) is 4.81. The summed E-state index contributed by atoms with van der Waals surface area (Å²) in [6, 6.07) is 7.75. The lowest BCUT2D eigenvalue weighted by Gasteiger charge is -2.37. The number of methoxy groups -OCH3 is 1. The van der Waals surface area contributed by atoms with Crippen molar-refractivity contribution in [2.75, 3.05) is 33.8 Å². The number of piperazine rings is 1. The molecule has 2 rings (SSSR count). The van der Waals surface area contributed by atoms with E-state index in [2.05, 4.69) is 18.9 Å². The summed E-state index contributed by atoms with van der Waals surface area (Å²) in [6.45, 7) is 4.64. The topological polar surface area (TPSA) is 32.8 Å². The van der Waals surface area contributed by atoms with E-state index in [0.29, 0.717) is 11.6 Å². The van der Waals surface area contributed by atoms with Gasteiger partial charge in [0.05, 0.1) is 7.11 Å². The van der Waals surface area contributed by atoms with E-state index < -0.39 is 0 Å². The molecule has 4 nitrogen and oxygen atoms in total. The second kappa shape index (κ2) is 5.40. The molecule has 98 valence electrons. The van der Waals surface area contributed by atoms with Crippen molar-refractivity contribution >= 4 is 5.91 Å². The summed E-state index contributed by atoms with van der Waals surface area (Å²) in [5.41, 5.74) is 0.700. The summed E-state index contributed by atoms with van der Waals surface area (Å²) in [5.74, 6) is 0.817. The first-order valence-corrected chi connectivity index (χ1v) is 6.25. The Kier molecular flexibility index (Phi) is 3.87. The van der Waals surface area contributed by atoms with Crippen molar-refractivity contribution in [1.29, 1.82) is 0 Å². The Balaban J connectivity index is 2.11. The highest BCUT2D eigenvalue weighted by Gasteiger charge is 2.25. The normalized spacial score (nSPS) is 20.8. The van der Waals surface area contributed by atoms with Crippen LogP contribution in [-0.4, -0.2) is 55.5 Å². The third-order valence-corrected chi connectivity index (χ3v) is 3.56. The highest BCUT2D eigenvalue weighted by atomic mass is 16.5. The van der Waals surface area contributed by atoms with Crippen LogP contribution in [0.15, 0.2) is 24.3 Å². The fraction of sp³-hybridized carbons (Fsp3) is 0.500. The lowest BCUT2D eigenvalue weighted by atomic mass is 10.1. The Morgan fingerprint density at radius 3 is 2.83 bits per heavy atom. The first-order valence-electron chi connectivity index (χ1n) is 6.25. The number of nitrogens with zero attached hydrogens (tertiary/aromatic N) is 2. The van der Waals surface area contributed by atoms with E-state index >= 15 is 0 Å². The maximum atomic E-state index is 12.4. The van der Waals surface area contributed by atoms with Gasteiger partial charge in [-0.2, -0.15) is 0 Å². The monoisotopic (exact) mass is 248 g/mol. The Morgan fingerprint density at radius 2 is 2.17 bits per heavy atom. The fourth-order valence-electron chi connectivity index (χ4n) is 2.17. The van der Waals surface area contributed by atoms with Gasteiger partial charge in [-0.15, -0.1) is 0 Å². The molecular weight excluding hydrogens is 228 g/mol. The van der Waals surface area contributed by atoms with Gasteiger partial charge in [-0.1, -0.05) is 6.07 Å². The van der Waals surface area contributed by atoms with Gasteiger partial charge in [-0.05, 0) is 32.2 Å². The molecule has 0 bridgehead atoms. The van der Waals surface area contributed by atoms with Gasteiger partial charge in [0.15, 0.2) is 0 Å². The number of likely N-dealkylation sites (N-methyl/N-ethyl adjacent to an activating group) is 1. The van der Waals surface area contributed by atoms with Crippen molar-refractivity contribution in [1.82, 2.24) is 9.80 Å². The van der Waals surface area contributed by atoms with Crippen molar-refractivity contribution < 1.29 is 9.53 Å². The van der Waals surface area contributed by atoms with Gasteiger partial charge >= 0.3 is 0 Å². The van der Waals surface area contributed by atoms with Crippen LogP contribution < -0.4 is 4.74 Å². The van der Waals surface area contributed by atoms with Crippen molar-refractivity contribution in [2.24, 2.45) is 0 Å². The number of ether oxygens (including phenoxy) is 1. The molecule has 0 aliphatic carbocycles. The third-order valence-electron chi connectivity index (χ3n) is 3.56. The zero-order valence-electron chi connectivity index (χ0n) is 11.2. The molecule has 18 heavy (non-hydrogen) atoms. The molecule has 0 saturated carbocycles. The zero-order chi connectivity index (χ0) is 13.1. The summed E-state index contributed by atoms with van der Waals surface area (Å²) in [4.78, 5) is 16.6. The summed E-state index contributed by atoms with van der Waals surface area (Å²) in [7, 11) is 3.71. The molecule has 0 radical (unpaired) electrons. The third kappa shape index (κ3) is 2.64. The first kappa shape index (κ1) is 12.9. The highest BCUT2D eigenvalue weighted by molar-refractivity contribution is 5.94. The maximum Gasteiger partial charge on any atom is 0.254 e. The molecule has 1 atom stereocenters. The fourth-order valence-corrected chi connectivity index (χ4v) is 2.17. The first-order chi connectivity index (χ1) is 8.61. The average Bonchev–Trinajstić information content (AvgIpc) is 2.41. The number of carbonyl (C=O) groups is 1. The van der Waals surface area contributed by atoms with E-state index in [1.54, 1.807) is 13.2 Å². The van der Waals surface area contributed by atoms with E-state index in [1.807, 2.05) is 23.1 Å². The molecule has 0 N–H and O–H groups in total. The molecule has 1 fully saturated rings.